The van der Waals surface area contributed by atoms with Gasteiger partial charge in [0.1, 0.15) is 5.37 Å². The van der Waals surface area contributed by atoms with Gasteiger partial charge in [0, 0.05) is 16.9 Å². The molecule has 170 valence electrons. The molecule has 1 unspecified atom stereocenters. The third kappa shape index (κ3) is 4.98. The van der Waals surface area contributed by atoms with Gasteiger partial charge in [-0.25, -0.2) is 0 Å². The van der Waals surface area contributed by atoms with Crippen LogP contribution in [0.5, 0.6) is 0 Å². The van der Waals surface area contributed by atoms with Crippen molar-refractivity contribution in [1.82, 2.24) is 0 Å². The third-order valence-electron chi connectivity index (χ3n) is 5.95. The molecule has 0 aliphatic carbocycles. The lowest BCUT2D eigenvalue weighted by Gasteiger charge is -2.26. The first-order valence-corrected chi connectivity index (χ1v) is 12.2. The van der Waals surface area contributed by atoms with Crippen molar-refractivity contribution in [2.24, 2.45) is 0 Å². The molecule has 0 saturated carbocycles. The number of anilines is 2. The number of rotatable bonds is 4. The summed E-state index contributed by atoms with van der Waals surface area (Å²) in [5.74, 6) is 0.444. The highest BCUT2D eigenvalue weighted by molar-refractivity contribution is 8.00. The summed E-state index contributed by atoms with van der Waals surface area (Å²) >= 11 is 1.63. The largest absolute Gasteiger partial charge is 0.322 e. The number of hydrogen-bond acceptors (Lipinski definition) is 3. The highest BCUT2D eigenvalue weighted by atomic mass is 32.2. The molecule has 0 radical (unpaired) electrons. The molecule has 33 heavy (non-hydrogen) atoms. The van der Waals surface area contributed by atoms with Crippen molar-refractivity contribution in [3.05, 3.63) is 94.5 Å². The molecule has 4 nitrogen and oxygen atoms in total. The zero-order valence-corrected chi connectivity index (χ0v) is 20.6. The van der Waals surface area contributed by atoms with E-state index in [1.165, 1.54) is 11.1 Å². The molecular formula is C28H30N2O2S. The Labute approximate surface area is 200 Å². The molecule has 0 bridgehead atoms. The van der Waals surface area contributed by atoms with Crippen molar-refractivity contribution in [1.29, 1.82) is 0 Å². The smallest absolute Gasteiger partial charge is 0.255 e. The molecule has 3 aromatic rings. The number of amides is 2. The van der Waals surface area contributed by atoms with E-state index in [-0.39, 0.29) is 22.6 Å². The molecule has 1 aliphatic rings. The topological polar surface area (TPSA) is 49.4 Å². The summed E-state index contributed by atoms with van der Waals surface area (Å²) in [5, 5.41) is 2.90. The minimum Gasteiger partial charge on any atom is -0.322 e. The van der Waals surface area contributed by atoms with Gasteiger partial charge >= 0.3 is 0 Å². The van der Waals surface area contributed by atoms with Gasteiger partial charge in [-0.3, -0.25) is 14.5 Å². The van der Waals surface area contributed by atoms with Crippen LogP contribution >= 0.6 is 11.8 Å². The van der Waals surface area contributed by atoms with Crippen molar-refractivity contribution in [3.8, 4) is 0 Å². The number of nitrogens with zero attached hydrogens (tertiary/aromatic N) is 1. The highest BCUT2D eigenvalue weighted by Gasteiger charge is 2.34. The molecule has 0 spiro atoms. The van der Waals surface area contributed by atoms with Gasteiger partial charge in [-0.1, -0.05) is 62.7 Å². The molecule has 1 heterocycles. The van der Waals surface area contributed by atoms with E-state index in [2.05, 4.69) is 39.1 Å². The van der Waals surface area contributed by atoms with Crippen LogP contribution in [0.2, 0.25) is 0 Å². The normalized spacial score (nSPS) is 16.2. The van der Waals surface area contributed by atoms with E-state index in [0.717, 1.165) is 22.5 Å². The van der Waals surface area contributed by atoms with Gasteiger partial charge in [0.05, 0.1) is 5.75 Å². The fraction of sp³-hybridized carbons (Fsp3) is 0.286. The SMILES string of the molecule is Cc1ccc(N2C(=O)CSC2c2ccc(NC(=O)c3ccc(C(C)(C)C)cc3)cc2)c(C)c1. The number of benzene rings is 3. The molecule has 4 rings (SSSR count). The zero-order chi connectivity index (χ0) is 23.8. The van der Waals surface area contributed by atoms with Crippen LogP contribution in [0.1, 0.15) is 58.8 Å². The average Bonchev–Trinajstić information content (AvgIpc) is 3.15. The lowest BCUT2D eigenvalue weighted by atomic mass is 9.87. The van der Waals surface area contributed by atoms with Crippen molar-refractivity contribution in [2.75, 3.05) is 16.0 Å². The quantitative estimate of drug-likeness (QED) is 0.477. The van der Waals surface area contributed by atoms with Crippen LogP contribution < -0.4 is 10.2 Å². The second-order valence-corrected chi connectivity index (χ2v) is 10.7. The summed E-state index contributed by atoms with van der Waals surface area (Å²) in [6.45, 7) is 10.6. The van der Waals surface area contributed by atoms with Crippen molar-refractivity contribution >= 4 is 35.0 Å². The summed E-state index contributed by atoms with van der Waals surface area (Å²) in [7, 11) is 0. The Hall–Kier alpha value is -3.05. The van der Waals surface area contributed by atoms with Crippen LogP contribution in [-0.4, -0.2) is 17.6 Å². The molecular weight excluding hydrogens is 428 g/mol. The number of thioether (sulfide) groups is 1. The van der Waals surface area contributed by atoms with E-state index in [9.17, 15) is 9.59 Å². The van der Waals surface area contributed by atoms with Crippen LogP contribution in [0, 0.1) is 13.8 Å². The van der Waals surface area contributed by atoms with E-state index in [1.54, 1.807) is 11.8 Å². The van der Waals surface area contributed by atoms with Gasteiger partial charge in [-0.2, -0.15) is 0 Å². The first-order valence-electron chi connectivity index (χ1n) is 11.2. The minimum absolute atomic E-state index is 0.0511. The van der Waals surface area contributed by atoms with Gasteiger partial charge in [-0.15, -0.1) is 11.8 Å². The standard InChI is InChI=1S/C28H30N2O2S/c1-18-6-15-24(19(2)16-18)30-25(31)17-33-27(30)21-9-13-23(14-10-21)29-26(32)20-7-11-22(12-8-20)28(3,4)5/h6-16,27H,17H2,1-5H3,(H,29,32). The molecule has 1 fully saturated rings. The Morgan fingerprint density at radius 2 is 1.64 bits per heavy atom. The van der Waals surface area contributed by atoms with Gasteiger partial charge in [0.2, 0.25) is 5.91 Å². The first-order chi connectivity index (χ1) is 15.6. The lowest BCUT2D eigenvalue weighted by molar-refractivity contribution is -0.115. The van der Waals surface area contributed by atoms with Crippen molar-refractivity contribution in [3.63, 3.8) is 0 Å². The van der Waals surface area contributed by atoms with Gasteiger partial charge in [-0.05, 0) is 66.3 Å². The molecule has 3 aromatic carbocycles. The lowest BCUT2D eigenvalue weighted by Crippen LogP contribution is -2.28. The van der Waals surface area contributed by atoms with Crippen molar-refractivity contribution in [2.45, 2.75) is 45.4 Å². The van der Waals surface area contributed by atoms with Crippen LogP contribution in [-0.2, 0) is 10.2 Å². The van der Waals surface area contributed by atoms with Gasteiger partial charge in [0.25, 0.3) is 5.91 Å². The van der Waals surface area contributed by atoms with Crippen LogP contribution in [0.25, 0.3) is 0 Å². The number of carbonyl (C=O) groups excluding carboxylic acids is 2. The molecule has 1 atom stereocenters. The predicted molar refractivity (Wildman–Crippen MR) is 138 cm³/mol. The Kier molecular flexibility index (Phi) is 6.35. The second kappa shape index (κ2) is 9.06. The number of carbonyl (C=O) groups is 2. The minimum atomic E-state index is -0.134. The Morgan fingerprint density at radius 1 is 0.970 bits per heavy atom. The van der Waals surface area contributed by atoms with Gasteiger partial charge in [0.15, 0.2) is 0 Å². The zero-order valence-electron chi connectivity index (χ0n) is 19.8. The molecule has 0 aromatic heterocycles. The fourth-order valence-corrected chi connectivity index (χ4v) is 5.23. The van der Waals surface area contributed by atoms with E-state index in [1.807, 2.05) is 72.5 Å². The molecule has 5 heteroatoms. The summed E-state index contributed by atoms with van der Waals surface area (Å²) in [6, 6.07) is 21.7. The third-order valence-corrected chi connectivity index (χ3v) is 7.16. The molecule has 2 amide bonds. The second-order valence-electron chi connectivity index (χ2n) is 9.62. The Morgan fingerprint density at radius 3 is 2.24 bits per heavy atom. The maximum Gasteiger partial charge on any atom is 0.255 e. The monoisotopic (exact) mass is 458 g/mol. The maximum absolute atomic E-state index is 12.7. The average molecular weight is 459 g/mol. The highest BCUT2D eigenvalue weighted by Crippen LogP contribution is 2.43. The van der Waals surface area contributed by atoms with E-state index in [0.29, 0.717) is 11.3 Å². The maximum atomic E-state index is 12.7. The Balaban J connectivity index is 1.49. The molecule has 1 N–H and O–H groups in total. The van der Waals surface area contributed by atoms with E-state index in [4.69, 9.17) is 0 Å². The number of aryl methyl sites for hydroxylation is 2. The summed E-state index contributed by atoms with van der Waals surface area (Å²) < 4.78 is 0. The van der Waals surface area contributed by atoms with Crippen LogP contribution in [0.15, 0.2) is 66.7 Å². The summed E-state index contributed by atoms with van der Waals surface area (Å²) in [5.41, 5.74) is 6.88. The summed E-state index contributed by atoms with van der Waals surface area (Å²) in [4.78, 5) is 27.3. The van der Waals surface area contributed by atoms with Crippen LogP contribution in [0.4, 0.5) is 11.4 Å². The fourth-order valence-electron chi connectivity index (χ4n) is 4.06. The first kappa shape index (κ1) is 23.1. The Bertz CT molecular complexity index is 1180. The molecule has 1 aliphatic heterocycles. The van der Waals surface area contributed by atoms with Crippen LogP contribution in [0.3, 0.4) is 0 Å². The van der Waals surface area contributed by atoms with E-state index < -0.39 is 0 Å². The van der Waals surface area contributed by atoms with Gasteiger partial charge < -0.3 is 5.32 Å². The number of nitrogens with one attached hydrogen (secondary N) is 1. The number of hydrogen-bond donors (Lipinski definition) is 1. The molecule has 1 saturated heterocycles. The summed E-state index contributed by atoms with van der Waals surface area (Å²) in [6.07, 6.45) is 0. The van der Waals surface area contributed by atoms with Crippen molar-refractivity contribution < 1.29 is 9.59 Å². The van der Waals surface area contributed by atoms with E-state index >= 15 is 0 Å². The predicted octanol–water partition coefficient (Wildman–Crippen LogP) is 6.63.